The van der Waals surface area contributed by atoms with Crippen LogP contribution in [-0.2, 0) is 21.6 Å². The van der Waals surface area contributed by atoms with Crippen molar-refractivity contribution < 1.29 is 14.0 Å². The number of nitrogens with one attached hydrogen (secondary N) is 1. The number of aromatic nitrogens is 4. The van der Waals surface area contributed by atoms with Crippen LogP contribution in [0.5, 0.6) is 0 Å². The second-order valence-corrected chi connectivity index (χ2v) is 18.3. The van der Waals surface area contributed by atoms with Gasteiger partial charge in [-0.05, 0) is 62.7 Å². The molecule has 1 atom stereocenters. The molecule has 1 amide bonds. The standard InChI is InChI=1S/C30H41N7O3Si/c1-28(2,3)40-27(38)37-18-30(7,19-39-41(9,10)29(4,5)6)22-16-20(15-21(17-31)25(22)37)23-11-13-32-26(33-23)34-24-12-14-36(8)35-24/h11-16H,18-19H2,1-10H3,(H,32,33,34,35)/t30-/m0/s1. The molecule has 0 bridgehead atoms. The molecule has 41 heavy (non-hydrogen) atoms. The van der Waals surface area contributed by atoms with E-state index in [0.29, 0.717) is 41.9 Å². The van der Waals surface area contributed by atoms with Crippen molar-refractivity contribution in [1.82, 2.24) is 19.7 Å². The summed E-state index contributed by atoms with van der Waals surface area (Å²) in [6.07, 6.45) is 3.01. The van der Waals surface area contributed by atoms with E-state index in [9.17, 15) is 10.1 Å². The van der Waals surface area contributed by atoms with Gasteiger partial charge in [-0.3, -0.25) is 9.58 Å². The summed E-state index contributed by atoms with van der Waals surface area (Å²) in [6, 6.07) is 9.74. The highest BCUT2D eigenvalue weighted by Gasteiger charge is 2.47. The molecule has 10 nitrogen and oxygen atoms in total. The number of hydrogen-bond donors (Lipinski definition) is 1. The first-order valence-electron chi connectivity index (χ1n) is 13.8. The molecule has 4 rings (SSSR count). The predicted molar refractivity (Wildman–Crippen MR) is 163 cm³/mol. The summed E-state index contributed by atoms with van der Waals surface area (Å²) < 4.78 is 14.2. The van der Waals surface area contributed by atoms with Crippen LogP contribution in [0.1, 0.15) is 59.6 Å². The molecule has 0 radical (unpaired) electrons. The topological polar surface area (TPSA) is 118 Å². The van der Waals surface area contributed by atoms with Gasteiger partial charge in [0.15, 0.2) is 14.1 Å². The fraction of sp³-hybridized carbons (Fsp3) is 0.500. The molecule has 0 aliphatic carbocycles. The molecule has 1 aliphatic heterocycles. The third kappa shape index (κ3) is 6.44. The van der Waals surface area contributed by atoms with Crippen LogP contribution in [0.4, 0.5) is 22.2 Å². The molecule has 3 aromatic rings. The Labute approximate surface area is 243 Å². The highest BCUT2D eigenvalue weighted by molar-refractivity contribution is 6.74. The maximum Gasteiger partial charge on any atom is 0.414 e. The molecule has 218 valence electrons. The van der Waals surface area contributed by atoms with Crippen molar-refractivity contribution in [3.05, 3.63) is 47.8 Å². The van der Waals surface area contributed by atoms with E-state index < -0.39 is 25.4 Å². The van der Waals surface area contributed by atoms with E-state index in [4.69, 9.17) is 14.1 Å². The van der Waals surface area contributed by atoms with Gasteiger partial charge < -0.3 is 14.5 Å². The number of ether oxygens (including phenoxy) is 1. The van der Waals surface area contributed by atoms with Gasteiger partial charge in [-0.1, -0.05) is 27.7 Å². The first-order chi connectivity index (χ1) is 18.9. The highest BCUT2D eigenvalue weighted by Crippen LogP contribution is 2.47. The fourth-order valence-corrected chi connectivity index (χ4v) is 5.57. The van der Waals surface area contributed by atoms with Gasteiger partial charge in [0.05, 0.1) is 16.9 Å². The van der Waals surface area contributed by atoms with Gasteiger partial charge in [0, 0.05) is 49.6 Å². The van der Waals surface area contributed by atoms with E-state index in [-0.39, 0.29) is 5.04 Å². The van der Waals surface area contributed by atoms with Gasteiger partial charge in [-0.2, -0.15) is 10.4 Å². The number of hydrogen-bond acceptors (Lipinski definition) is 8. The van der Waals surface area contributed by atoms with Gasteiger partial charge >= 0.3 is 6.09 Å². The Morgan fingerprint density at radius 2 is 1.90 bits per heavy atom. The molecule has 3 heterocycles. The summed E-state index contributed by atoms with van der Waals surface area (Å²) >= 11 is 0. The van der Waals surface area contributed by atoms with Crippen LogP contribution in [0.2, 0.25) is 18.1 Å². The van der Waals surface area contributed by atoms with Crippen molar-refractivity contribution in [2.45, 2.75) is 77.6 Å². The van der Waals surface area contributed by atoms with Crippen molar-refractivity contribution >= 4 is 31.9 Å². The average Bonchev–Trinajstić information content (AvgIpc) is 3.41. The molecular weight excluding hydrogens is 534 g/mol. The number of nitrogens with zero attached hydrogens (tertiary/aromatic N) is 6. The predicted octanol–water partition coefficient (Wildman–Crippen LogP) is 6.53. The number of carbonyl (C=O) groups is 1. The minimum absolute atomic E-state index is 0.0211. The third-order valence-electron chi connectivity index (χ3n) is 7.73. The van der Waals surface area contributed by atoms with Crippen molar-refractivity contribution in [2.75, 3.05) is 23.4 Å². The second kappa shape index (κ2) is 10.6. The van der Waals surface area contributed by atoms with Crippen LogP contribution in [0.25, 0.3) is 11.3 Å². The summed E-state index contributed by atoms with van der Waals surface area (Å²) in [7, 11) is -0.271. The van der Waals surface area contributed by atoms with Crippen LogP contribution in [0.15, 0.2) is 36.7 Å². The first kappa shape index (κ1) is 30.2. The van der Waals surface area contributed by atoms with Gasteiger partial charge in [0.2, 0.25) is 5.95 Å². The van der Waals surface area contributed by atoms with Gasteiger partial charge in [-0.25, -0.2) is 14.8 Å². The molecule has 0 unspecified atom stereocenters. The van der Waals surface area contributed by atoms with E-state index in [2.05, 4.69) is 62.3 Å². The lowest BCUT2D eigenvalue weighted by Gasteiger charge is -2.39. The monoisotopic (exact) mass is 575 g/mol. The lowest BCUT2D eigenvalue weighted by Crippen LogP contribution is -2.46. The molecule has 0 fully saturated rings. The number of fused-ring (bicyclic) bond motifs is 1. The molecule has 0 saturated carbocycles. The molecule has 2 aromatic heterocycles. The van der Waals surface area contributed by atoms with E-state index in [1.165, 1.54) is 0 Å². The number of benzene rings is 1. The van der Waals surface area contributed by atoms with Crippen molar-refractivity contribution in [3.8, 4) is 17.3 Å². The lowest BCUT2D eigenvalue weighted by atomic mass is 9.83. The first-order valence-corrected chi connectivity index (χ1v) is 16.7. The maximum atomic E-state index is 13.4. The SMILES string of the molecule is Cn1ccc(Nc2nccc(-c3cc(C#N)c4c(c3)[C@](C)(CO[Si](C)(C)C(C)(C)C)CN4C(=O)OC(C)(C)C)n2)n1. The van der Waals surface area contributed by atoms with Crippen LogP contribution in [-0.4, -0.2) is 52.9 Å². The molecule has 1 aromatic carbocycles. The van der Waals surface area contributed by atoms with Crippen molar-refractivity contribution in [2.24, 2.45) is 7.05 Å². The lowest BCUT2D eigenvalue weighted by molar-refractivity contribution is 0.0575. The Balaban J connectivity index is 1.79. The zero-order chi connectivity index (χ0) is 30.4. The molecule has 0 saturated heterocycles. The quantitative estimate of drug-likeness (QED) is 0.330. The number of aryl methyl sites for hydroxylation is 1. The Morgan fingerprint density at radius 1 is 1.20 bits per heavy atom. The minimum atomic E-state index is -2.11. The Kier molecular flexibility index (Phi) is 7.79. The van der Waals surface area contributed by atoms with Crippen LogP contribution < -0.4 is 10.2 Å². The molecular formula is C30H41N7O3Si. The van der Waals surface area contributed by atoms with Crippen molar-refractivity contribution in [1.29, 1.82) is 5.26 Å². The van der Waals surface area contributed by atoms with Crippen LogP contribution >= 0.6 is 0 Å². The number of nitriles is 1. The molecule has 0 spiro atoms. The van der Waals surface area contributed by atoms with Gasteiger partial charge in [-0.15, -0.1) is 0 Å². The zero-order valence-electron chi connectivity index (χ0n) is 25.8. The van der Waals surface area contributed by atoms with E-state index >= 15 is 0 Å². The van der Waals surface area contributed by atoms with Crippen LogP contribution in [0, 0.1) is 11.3 Å². The zero-order valence-corrected chi connectivity index (χ0v) is 26.8. The highest BCUT2D eigenvalue weighted by atomic mass is 28.4. The molecule has 11 heteroatoms. The van der Waals surface area contributed by atoms with Gasteiger partial charge in [0.25, 0.3) is 0 Å². The third-order valence-corrected chi connectivity index (χ3v) is 12.2. The molecule has 1 N–H and O–H groups in total. The average molecular weight is 576 g/mol. The Morgan fingerprint density at radius 3 is 2.49 bits per heavy atom. The van der Waals surface area contributed by atoms with E-state index in [0.717, 1.165) is 11.1 Å². The smallest absolute Gasteiger partial charge is 0.414 e. The number of carbonyl (C=O) groups excluding carboxylic acids is 1. The normalized spacial score (nSPS) is 17.2. The second-order valence-electron chi connectivity index (χ2n) is 13.5. The van der Waals surface area contributed by atoms with E-state index in [1.54, 1.807) is 27.9 Å². The summed E-state index contributed by atoms with van der Waals surface area (Å²) in [5.41, 5.74) is 1.92. The Bertz CT molecular complexity index is 1500. The van der Waals surface area contributed by atoms with E-state index in [1.807, 2.05) is 46.1 Å². The summed E-state index contributed by atoms with van der Waals surface area (Å²) in [5, 5.41) is 17.8. The van der Waals surface area contributed by atoms with Gasteiger partial charge in [0.1, 0.15) is 11.7 Å². The minimum Gasteiger partial charge on any atom is -0.443 e. The number of amides is 1. The van der Waals surface area contributed by atoms with Crippen molar-refractivity contribution in [3.63, 3.8) is 0 Å². The summed E-state index contributed by atoms with van der Waals surface area (Å²) in [6.45, 7) is 19.4. The molecule has 1 aliphatic rings. The van der Waals surface area contributed by atoms with Crippen LogP contribution in [0.3, 0.4) is 0 Å². The summed E-state index contributed by atoms with van der Waals surface area (Å²) in [4.78, 5) is 24.1. The number of anilines is 3. The largest absolute Gasteiger partial charge is 0.443 e. The maximum absolute atomic E-state index is 13.4. The fourth-order valence-electron chi connectivity index (χ4n) is 4.46. The Hall–Kier alpha value is -3.75. The summed E-state index contributed by atoms with van der Waals surface area (Å²) in [5.74, 6) is 1.01. The number of rotatable bonds is 6.